The van der Waals surface area contributed by atoms with Gasteiger partial charge in [-0.1, -0.05) is 31.2 Å². The van der Waals surface area contributed by atoms with E-state index in [1.807, 2.05) is 17.9 Å². The third-order valence-electron chi connectivity index (χ3n) is 3.40. The van der Waals surface area contributed by atoms with Gasteiger partial charge in [0.1, 0.15) is 6.61 Å². The van der Waals surface area contributed by atoms with Gasteiger partial charge >= 0.3 is 0 Å². The fourth-order valence-corrected chi connectivity index (χ4v) is 2.13. The van der Waals surface area contributed by atoms with E-state index in [4.69, 9.17) is 4.74 Å². The summed E-state index contributed by atoms with van der Waals surface area (Å²) in [5.74, 6) is 1.34. The van der Waals surface area contributed by atoms with E-state index < -0.39 is 0 Å². The minimum absolute atomic E-state index is 0.526. The number of rotatable bonds is 7. The maximum absolute atomic E-state index is 5.73. The van der Waals surface area contributed by atoms with E-state index in [1.165, 1.54) is 11.1 Å². The Bertz CT molecular complexity index is 519. The quantitative estimate of drug-likeness (QED) is 0.843. The molecule has 108 valence electrons. The Labute approximate surface area is 120 Å². The van der Waals surface area contributed by atoms with Crippen LogP contribution < -0.4 is 10.1 Å². The minimum atomic E-state index is 0.526. The van der Waals surface area contributed by atoms with Gasteiger partial charge in [0.2, 0.25) is 0 Å². The molecular weight excluding hydrogens is 250 g/mol. The Morgan fingerprint density at radius 3 is 2.65 bits per heavy atom. The van der Waals surface area contributed by atoms with Gasteiger partial charge in [-0.05, 0) is 31.0 Å². The standard InChI is InChI=1S/C16H23N3O/c1-4-19-11-16(10-18-19)20-12-14-5-7-15(8-6-14)13(2)9-17-3/h5-8,10-11,13,17H,4,9,12H2,1-3H3. The molecule has 0 aliphatic heterocycles. The average molecular weight is 273 g/mol. The van der Waals surface area contributed by atoms with E-state index in [9.17, 15) is 0 Å². The number of hydrogen-bond donors (Lipinski definition) is 1. The predicted octanol–water partition coefficient (Wildman–Crippen LogP) is 2.80. The van der Waals surface area contributed by atoms with E-state index in [2.05, 4.69) is 48.5 Å². The molecule has 0 bridgehead atoms. The summed E-state index contributed by atoms with van der Waals surface area (Å²) >= 11 is 0. The maximum Gasteiger partial charge on any atom is 0.157 e. The zero-order chi connectivity index (χ0) is 14.4. The number of benzene rings is 1. The molecule has 20 heavy (non-hydrogen) atoms. The highest BCUT2D eigenvalue weighted by Crippen LogP contribution is 2.16. The number of hydrogen-bond acceptors (Lipinski definition) is 3. The van der Waals surface area contributed by atoms with Crippen LogP contribution in [0.1, 0.15) is 30.9 Å². The summed E-state index contributed by atoms with van der Waals surface area (Å²) in [6, 6.07) is 8.61. The molecule has 0 saturated carbocycles. The van der Waals surface area contributed by atoms with E-state index in [-0.39, 0.29) is 0 Å². The molecule has 0 amide bonds. The van der Waals surface area contributed by atoms with Gasteiger partial charge in [0.05, 0.1) is 12.4 Å². The number of likely N-dealkylation sites (N-methyl/N-ethyl adjacent to an activating group) is 1. The number of nitrogens with one attached hydrogen (secondary N) is 1. The van der Waals surface area contributed by atoms with Crippen LogP contribution in [0.4, 0.5) is 0 Å². The summed E-state index contributed by atoms with van der Waals surface area (Å²) in [6.45, 7) is 6.71. The van der Waals surface area contributed by atoms with Gasteiger partial charge in [-0.3, -0.25) is 4.68 Å². The highest BCUT2D eigenvalue weighted by Gasteiger charge is 2.04. The molecule has 4 nitrogen and oxygen atoms in total. The second-order valence-electron chi connectivity index (χ2n) is 5.02. The Kier molecular flexibility index (Phi) is 5.18. The summed E-state index contributed by atoms with van der Waals surface area (Å²) in [5.41, 5.74) is 2.52. The van der Waals surface area contributed by atoms with Crippen LogP contribution in [0.2, 0.25) is 0 Å². The minimum Gasteiger partial charge on any atom is -0.486 e. The van der Waals surface area contributed by atoms with Crippen molar-refractivity contribution in [3.05, 3.63) is 47.8 Å². The SMILES string of the molecule is CCn1cc(OCc2ccc(C(C)CNC)cc2)cn1. The highest BCUT2D eigenvalue weighted by atomic mass is 16.5. The van der Waals surface area contributed by atoms with Crippen LogP contribution in [0.15, 0.2) is 36.7 Å². The smallest absolute Gasteiger partial charge is 0.157 e. The van der Waals surface area contributed by atoms with Crippen molar-refractivity contribution in [1.82, 2.24) is 15.1 Å². The molecule has 4 heteroatoms. The molecule has 1 heterocycles. The second kappa shape index (κ2) is 7.10. The lowest BCUT2D eigenvalue weighted by atomic mass is 10.00. The van der Waals surface area contributed by atoms with Gasteiger partial charge in [-0.2, -0.15) is 5.10 Å². The molecule has 1 aromatic heterocycles. The zero-order valence-electron chi connectivity index (χ0n) is 12.5. The van der Waals surface area contributed by atoms with Crippen LogP contribution >= 0.6 is 0 Å². The van der Waals surface area contributed by atoms with Gasteiger partial charge in [-0.15, -0.1) is 0 Å². The third-order valence-corrected chi connectivity index (χ3v) is 3.40. The fourth-order valence-electron chi connectivity index (χ4n) is 2.13. The van der Waals surface area contributed by atoms with Crippen LogP contribution in [0.3, 0.4) is 0 Å². The first-order valence-corrected chi connectivity index (χ1v) is 7.11. The lowest BCUT2D eigenvalue weighted by molar-refractivity contribution is 0.305. The van der Waals surface area contributed by atoms with Gasteiger partial charge in [0, 0.05) is 13.1 Å². The molecule has 1 N–H and O–H groups in total. The van der Waals surface area contributed by atoms with Gasteiger partial charge < -0.3 is 10.1 Å². The average Bonchev–Trinajstić information content (AvgIpc) is 2.94. The number of ether oxygens (including phenoxy) is 1. The van der Waals surface area contributed by atoms with Crippen molar-refractivity contribution in [2.45, 2.75) is 32.9 Å². The molecule has 0 aliphatic rings. The topological polar surface area (TPSA) is 39.1 Å². The van der Waals surface area contributed by atoms with Crippen molar-refractivity contribution in [1.29, 1.82) is 0 Å². The van der Waals surface area contributed by atoms with Gasteiger partial charge in [0.25, 0.3) is 0 Å². The molecule has 0 radical (unpaired) electrons. The lowest BCUT2D eigenvalue weighted by Gasteiger charge is -2.11. The van der Waals surface area contributed by atoms with Crippen LogP contribution in [0, 0.1) is 0 Å². The predicted molar refractivity (Wildman–Crippen MR) is 81.0 cm³/mol. The molecule has 1 unspecified atom stereocenters. The van der Waals surface area contributed by atoms with Crippen molar-refractivity contribution in [2.75, 3.05) is 13.6 Å². The normalized spacial score (nSPS) is 12.3. The lowest BCUT2D eigenvalue weighted by Crippen LogP contribution is -2.14. The molecule has 0 fully saturated rings. The van der Waals surface area contributed by atoms with Gasteiger partial charge in [0.15, 0.2) is 5.75 Å². The summed E-state index contributed by atoms with van der Waals surface area (Å²) < 4.78 is 7.59. The van der Waals surface area contributed by atoms with Crippen molar-refractivity contribution < 1.29 is 4.74 Å². The highest BCUT2D eigenvalue weighted by molar-refractivity contribution is 5.25. The van der Waals surface area contributed by atoms with E-state index in [0.29, 0.717) is 12.5 Å². The Morgan fingerprint density at radius 2 is 2.05 bits per heavy atom. The van der Waals surface area contributed by atoms with Crippen molar-refractivity contribution >= 4 is 0 Å². The summed E-state index contributed by atoms with van der Waals surface area (Å²) in [7, 11) is 1.98. The molecule has 0 saturated heterocycles. The van der Waals surface area contributed by atoms with Crippen LogP contribution in [0.5, 0.6) is 5.75 Å². The molecule has 1 aromatic carbocycles. The number of aryl methyl sites for hydroxylation is 1. The molecule has 2 aromatic rings. The second-order valence-corrected chi connectivity index (χ2v) is 5.02. The number of nitrogens with zero attached hydrogens (tertiary/aromatic N) is 2. The maximum atomic E-state index is 5.73. The van der Waals surface area contributed by atoms with Crippen LogP contribution in [0.25, 0.3) is 0 Å². The Hall–Kier alpha value is -1.81. The van der Waals surface area contributed by atoms with Crippen molar-refractivity contribution in [2.24, 2.45) is 0 Å². The van der Waals surface area contributed by atoms with Crippen LogP contribution in [-0.4, -0.2) is 23.4 Å². The Morgan fingerprint density at radius 1 is 1.30 bits per heavy atom. The summed E-state index contributed by atoms with van der Waals surface area (Å²) in [5, 5.41) is 7.39. The zero-order valence-corrected chi connectivity index (χ0v) is 12.5. The van der Waals surface area contributed by atoms with E-state index in [1.54, 1.807) is 6.20 Å². The monoisotopic (exact) mass is 273 g/mol. The van der Waals surface area contributed by atoms with E-state index in [0.717, 1.165) is 18.8 Å². The molecule has 1 atom stereocenters. The summed E-state index contributed by atoms with van der Waals surface area (Å²) in [6.07, 6.45) is 3.68. The van der Waals surface area contributed by atoms with E-state index >= 15 is 0 Å². The van der Waals surface area contributed by atoms with Gasteiger partial charge in [-0.25, -0.2) is 0 Å². The first kappa shape index (κ1) is 14.6. The van der Waals surface area contributed by atoms with Crippen molar-refractivity contribution in [3.63, 3.8) is 0 Å². The molecule has 0 spiro atoms. The van der Waals surface area contributed by atoms with Crippen molar-refractivity contribution in [3.8, 4) is 5.75 Å². The molecule has 0 aliphatic carbocycles. The third kappa shape index (κ3) is 3.84. The summed E-state index contributed by atoms with van der Waals surface area (Å²) in [4.78, 5) is 0. The first-order chi connectivity index (χ1) is 9.72. The number of aromatic nitrogens is 2. The Balaban J connectivity index is 1.90. The van der Waals surface area contributed by atoms with Crippen LogP contribution in [-0.2, 0) is 13.2 Å². The fraction of sp³-hybridized carbons (Fsp3) is 0.438. The first-order valence-electron chi connectivity index (χ1n) is 7.11. The molecular formula is C16H23N3O. The molecule has 2 rings (SSSR count). The largest absolute Gasteiger partial charge is 0.486 e.